The van der Waals surface area contributed by atoms with E-state index < -0.39 is 28.6 Å². The summed E-state index contributed by atoms with van der Waals surface area (Å²) in [7, 11) is 0. The summed E-state index contributed by atoms with van der Waals surface area (Å²) >= 11 is 0. The number of hydrazone groups is 1. The maximum Gasteiger partial charge on any atom is 0.269 e. The average molecular weight is 297 g/mol. The number of non-ortho nitro benzene ring substituents is 1. The lowest BCUT2D eigenvalue weighted by Gasteiger charge is -2.22. The minimum atomic E-state index is -1.12. The molecule has 1 aliphatic heterocycles. The van der Waals surface area contributed by atoms with Gasteiger partial charge in [0.25, 0.3) is 5.69 Å². The second-order valence-electron chi connectivity index (χ2n) is 4.82. The number of hydrogen-bond acceptors (Lipinski definition) is 6. The molecule has 1 aromatic carbocycles. The first-order chi connectivity index (χ1) is 10.5. The number of nitrogens with zero attached hydrogens (tertiary/aromatic N) is 4. The smallest absolute Gasteiger partial charge is 0.269 e. The van der Waals surface area contributed by atoms with Crippen LogP contribution in [0.5, 0.6) is 0 Å². The van der Waals surface area contributed by atoms with Crippen molar-refractivity contribution in [2.75, 3.05) is 0 Å². The number of nitriles is 2. The molecule has 8 heteroatoms. The van der Waals surface area contributed by atoms with Crippen LogP contribution in [-0.4, -0.2) is 16.5 Å². The zero-order valence-electron chi connectivity index (χ0n) is 11.6. The zero-order valence-corrected chi connectivity index (χ0v) is 11.6. The highest BCUT2D eigenvalue weighted by molar-refractivity contribution is 6.07. The number of nitro groups is 1. The number of amides is 1. The molecule has 0 radical (unpaired) electrons. The molecule has 0 bridgehead atoms. The third-order valence-electron chi connectivity index (χ3n) is 3.54. The summed E-state index contributed by atoms with van der Waals surface area (Å²) in [6.45, 7) is 1.61. The van der Waals surface area contributed by atoms with Crippen LogP contribution in [0.1, 0.15) is 18.4 Å². The Kier molecular flexibility index (Phi) is 4.14. The van der Waals surface area contributed by atoms with Gasteiger partial charge in [-0.05, 0) is 12.5 Å². The van der Waals surface area contributed by atoms with Gasteiger partial charge in [0.05, 0.1) is 23.0 Å². The standard InChI is InChI=1S/C14H11N5O3/c1-8-12(14(20)18-17-8)13(10(6-15)7-16)9-3-2-4-11(5-9)19(21)22/h2-5,10,12-13H,1H3,(H,18,20)/t12-,13-/m0/s1. The lowest BCUT2D eigenvalue weighted by molar-refractivity contribution is -0.384. The van der Waals surface area contributed by atoms with E-state index in [4.69, 9.17) is 0 Å². The fourth-order valence-corrected chi connectivity index (χ4v) is 2.51. The number of rotatable bonds is 4. The van der Waals surface area contributed by atoms with Gasteiger partial charge in [0.15, 0.2) is 0 Å². The topological polar surface area (TPSA) is 132 Å². The SMILES string of the molecule is CC1=NNC(=O)[C@@H]1[C@@H](c1cccc([N+](=O)[O-])c1)C(C#N)C#N. The Hall–Kier alpha value is -3.26. The van der Waals surface area contributed by atoms with Crippen LogP contribution in [0.2, 0.25) is 0 Å². The van der Waals surface area contributed by atoms with E-state index in [0.717, 1.165) is 0 Å². The fraction of sp³-hybridized carbons (Fsp3) is 0.286. The number of carbonyl (C=O) groups excluding carboxylic acids is 1. The van der Waals surface area contributed by atoms with E-state index in [-0.39, 0.29) is 5.69 Å². The summed E-state index contributed by atoms with van der Waals surface area (Å²) in [6, 6.07) is 9.33. The Morgan fingerprint density at radius 3 is 2.59 bits per heavy atom. The van der Waals surface area contributed by atoms with Crippen molar-refractivity contribution in [3.63, 3.8) is 0 Å². The molecule has 0 fully saturated rings. The van der Waals surface area contributed by atoms with Crippen molar-refractivity contribution in [3.05, 3.63) is 39.9 Å². The van der Waals surface area contributed by atoms with Gasteiger partial charge in [-0.25, -0.2) is 5.43 Å². The molecule has 0 saturated heterocycles. The van der Waals surface area contributed by atoms with Crippen molar-refractivity contribution in [2.24, 2.45) is 16.9 Å². The summed E-state index contributed by atoms with van der Waals surface area (Å²) in [5.74, 6) is -3.17. The van der Waals surface area contributed by atoms with E-state index >= 15 is 0 Å². The first-order valence-corrected chi connectivity index (χ1v) is 6.37. The van der Waals surface area contributed by atoms with Crippen LogP contribution < -0.4 is 5.43 Å². The predicted octanol–water partition coefficient (Wildman–Crippen LogP) is 1.46. The summed E-state index contributed by atoms with van der Waals surface area (Å²) in [4.78, 5) is 22.3. The van der Waals surface area contributed by atoms with Crippen LogP contribution in [0.4, 0.5) is 5.69 Å². The van der Waals surface area contributed by atoms with Gasteiger partial charge in [0.2, 0.25) is 5.91 Å². The summed E-state index contributed by atoms with van der Waals surface area (Å²) in [6.07, 6.45) is 0. The van der Waals surface area contributed by atoms with Crippen LogP contribution in [0.25, 0.3) is 0 Å². The van der Waals surface area contributed by atoms with Crippen molar-refractivity contribution in [1.82, 2.24) is 5.43 Å². The number of carbonyl (C=O) groups is 1. The van der Waals surface area contributed by atoms with Gasteiger partial charge in [-0.1, -0.05) is 12.1 Å². The van der Waals surface area contributed by atoms with E-state index in [9.17, 15) is 25.4 Å². The minimum Gasteiger partial charge on any atom is -0.272 e. The first-order valence-electron chi connectivity index (χ1n) is 6.37. The molecule has 2 atom stereocenters. The summed E-state index contributed by atoms with van der Waals surface area (Å²) in [5, 5.41) is 33.1. The molecular weight excluding hydrogens is 286 g/mol. The Balaban J connectivity index is 2.55. The molecule has 1 aliphatic rings. The molecule has 22 heavy (non-hydrogen) atoms. The van der Waals surface area contributed by atoms with Gasteiger partial charge < -0.3 is 0 Å². The number of hydrogen-bond donors (Lipinski definition) is 1. The maximum absolute atomic E-state index is 12.0. The Labute approximate surface area is 125 Å². The highest BCUT2D eigenvalue weighted by Crippen LogP contribution is 2.36. The number of benzene rings is 1. The van der Waals surface area contributed by atoms with Crippen molar-refractivity contribution in [2.45, 2.75) is 12.8 Å². The van der Waals surface area contributed by atoms with Gasteiger partial charge >= 0.3 is 0 Å². The van der Waals surface area contributed by atoms with Crippen LogP contribution in [0.15, 0.2) is 29.4 Å². The average Bonchev–Trinajstić information content (AvgIpc) is 2.84. The van der Waals surface area contributed by atoms with Crippen molar-refractivity contribution >= 4 is 17.3 Å². The van der Waals surface area contributed by atoms with E-state index in [0.29, 0.717) is 11.3 Å². The van der Waals surface area contributed by atoms with Crippen LogP contribution in [0.3, 0.4) is 0 Å². The molecule has 2 rings (SSSR count). The molecule has 0 unspecified atom stereocenters. The molecule has 0 aromatic heterocycles. The quantitative estimate of drug-likeness (QED) is 0.663. The highest BCUT2D eigenvalue weighted by Gasteiger charge is 2.41. The summed E-state index contributed by atoms with van der Waals surface area (Å²) < 4.78 is 0. The molecule has 8 nitrogen and oxygen atoms in total. The lowest BCUT2D eigenvalue weighted by atomic mass is 9.76. The minimum absolute atomic E-state index is 0.162. The lowest BCUT2D eigenvalue weighted by Crippen LogP contribution is -2.32. The molecule has 1 amide bonds. The van der Waals surface area contributed by atoms with Gasteiger partial charge in [0, 0.05) is 23.8 Å². The second kappa shape index (κ2) is 6.02. The molecule has 1 heterocycles. The van der Waals surface area contributed by atoms with Crippen LogP contribution in [0, 0.1) is 44.6 Å². The molecule has 110 valence electrons. The van der Waals surface area contributed by atoms with Crippen LogP contribution in [-0.2, 0) is 4.79 Å². The molecule has 1 aromatic rings. The third kappa shape index (κ3) is 2.63. The molecule has 1 N–H and O–H groups in total. The fourth-order valence-electron chi connectivity index (χ4n) is 2.51. The van der Waals surface area contributed by atoms with E-state index in [1.54, 1.807) is 13.0 Å². The van der Waals surface area contributed by atoms with Gasteiger partial charge in [0.1, 0.15) is 5.92 Å². The predicted molar refractivity (Wildman–Crippen MR) is 75.3 cm³/mol. The first kappa shape index (κ1) is 15.1. The second-order valence-corrected chi connectivity index (χ2v) is 4.82. The number of nitrogens with one attached hydrogen (secondary N) is 1. The molecule has 0 spiro atoms. The Morgan fingerprint density at radius 1 is 1.41 bits per heavy atom. The van der Waals surface area contributed by atoms with Gasteiger partial charge in [-0.15, -0.1) is 0 Å². The summed E-state index contributed by atoms with van der Waals surface area (Å²) in [5.41, 5.74) is 2.97. The van der Waals surface area contributed by atoms with Gasteiger partial charge in [-0.3, -0.25) is 14.9 Å². The number of nitro benzene ring substituents is 1. The normalized spacial score (nSPS) is 18.1. The zero-order chi connectivity index (χ0) is 16.3. The highest BCUT2D eigenvalue weighted by atomic mass is 16.6. The van der Waals surface area contributed by atoms with Gasteiger partial charge in [-0.2, -0.15) is 15.6 Å². The van der Waals surface area contributed by atoms with E-state index in [1.165, 1.54) is 18.2 Å². The van der Waals surface area contributed by atoms with Crippen LogP contribution >= 0.6 is 0 Å². The largest absolute Gasteiger partial charge is 0.272 e. The monoisotopic (exact) mass is 297 g/mol. The van der Waals surface area contributed by atoms with Crippen molar-refractivity contribution in [3.8, 4) is 12.1 Å². The molecular formula is C14H11N5O3. The third-order valence-corrected chi connectivity index (χ3v) is 3.54. The van der Waals surface area contributed by atoms with E-state index in [1.807, 2.05) is 12.1 Å². The Bertz CT molecular complexity index is 730. The van der Waals surface area contributed by atoms with Crippen molar-refractivity contribution in [1.29, 1.82) is 10.5 Å². The molecule has 0 saturated carbocycles. The maximum atomic E-state index is 12.0. The van der Waals surface area contributed by atoms with Crippen molar-refractivity contribution < 1.29 is 9.72 Å². The van der Waals surface area contributed by atoms with E-state index in [2.05, 4.69) is 10.5 Å². The molecule has 0 aliphatic carbocycles. The Morgan fingerprint density at radius 2 is 2.09 bits per heavy atom.